The monoisotopic (exact) mass is 187 g/mol. The van der Waals surface area contributed by atoms with Crippen LogP contribution in [0.4, 0.5) is 0 Å². The molecule has 0 aromatic heterocycles. The fourth-order valence-corrected chi connectivity index (χ4v) is 1.55. The third kappa shape index (κ3) is 8.29. The van der Waals surface area contributed by atoms with Crippen molar-refractivity contribution in [1.82, 2.24) is 5.32 Å². The topological polar surface area (TPSA) is 12.0 Å². The SMILES string of the molecule is CC.CC.CNC1CCC(C)CC1. The van der Waals surface area contributed by atoms with Gasteiger partial charge in [0.15, 0.2) is 0 Å². The molecule has 0 aromatic rings. The Morgan fingerprint density at radius 3 is 1.54 bits per heavy atom. The molecule has 1 nitrogen and oxygen atoms in total. The highest BCUT2D eigenvalue weighted by molar-refractivity contribution is 4.73. The summed E-state index contributed by atoms with van der Waals surface area (Å²) in [5, 5.41) is 3.32. The number of hydrogen-bond acceptors (Lipinski definition) is 1. The molecule has 1 fully saturated rings. The van der Waals surface area contributed by atoms with Crippen LogP contribution >= 0.6 is 0 Å². The molecule has 13 heavy (non-hydrogen) atoms. The van der Waals surface area contributed by atoms with Gasteiger partial charge in [0, 0.05) is 6.04 Å². The Morgan fingerprint density at radius 1 is 0.846 bits per heavy atom. The van der Waals surface area contributed by atoms with Crippen LogP contribution in [0.5, 0.6) is 0 Å². The van der Waals surface area contributed by atoms with Gasteiger partial charge in [0.2, 0.25) is 0 Å². The first-order chi connectivity index (χ1) is 6.33. The normalized spacial score (nSPS) is 26.3. The van der Waals surface area contributed by atoms with Gasteiger partial charge in [-0.05, 0) is 38.6 Å². The molecule has 0 amide bonds. The Morgan fingerprint density at radius 2 is 1.23 bits per heavy atom. The molecule has 0 aliphatic heterocycles. The zero-order chi connectivity index (χ0) is 10.7. The summed E-state index contributed by atoms with van der Waals surface area (Å²) in [6, 6.07) is 0.821. The van der Waals surface area contributed by atoms with E-state index in [4.69, 9.17) is 0 Å². The van der Waals surface area contributed by atoms with Crippen molar-refractivity contribution >= 4 is 0 Å². The Kier molecular flexibility index (Phi) is 14.2. The summed E-state index contributed by atoms with van der Waals surface area (Å²) in [4.78, 5) is 0. The first kappa shape index (κ1) is 15.4. The van der Waals surface area contributed by atoms with Crippen LogP contribution < -0.4 is 5.32 Å². The summed E-state index contributed by atoms with van der Waals surface area (Å²) >= 11 is 0. The van der Waals surface area contributed by atoms with E-state index in [1.54, 1.807) is 0 Å². The predicted molar refractivity (Wildman–Crippen MR) is 63.2 cm³/mol. The van der Waals surface area contributed by atoms with Crippen molar-refractivity contribution in [2.45, 2.75) is 66.3 Å². The second-order valence-electron chi connectivity index (χ2n) is 3.25. The minimum Gasteiger partial charge on any atom is -0.317 e. The fourth-order valence-electron chi connectivity index (χ4n) is 1.55. The van der Waals surface area contributed by atoms with Gasteiger partial charge in [-0.25, -0.2) is 0 Å². The van der Waals surface area contributed by atoms with Crippen molar-refractivity contribution in [2.75, 3.05) is 7.05 Å². The standard InChI is InChI=1S/C8H17N.2C2H6/c1-7-3-5-8(9-2)6-4-7;2*1-2/h7-9H,3-6H2,1-2H3;2*1-2H3. The summed E-state index contributed by atoms with van der Waals surface area (Å²) in [5.41, 5.74) is 0. The first-order valence-corrected chi connectivity index (χ1v) is 6.00. The van der Waals surface area contributed by atoms with E-state index >= 15 is 0 Å². The summed E-state index contributed by atoms with van der Waals surface area (Å²) in [5.74, 6) is 0.981. The lowest BCUT2D eigenvalue weighted by Crippen LogP contribution is -2.29. The van der Waals surface area contributed by atoms with E-state index in [1.165, 1.54) is 25.7 Å². The Balaban J connectivity index is 0. The summed E-state index contributed by atoms with van der Waals surface area (Å²) in [6.07, 6.45) is 5.62. The molecule has 0 saturated heterocycles. The summed E-state index contributed by atoms with van der Waals surface area (Å²) in [6.45, 7) is 10.4. The minimum absolute atomic E-state index is 0.821. The summed E-state index contributed by atoms with van der Waals surface area (Å²) in [7, 11) is 2.07. The quantitative estimate of drug-likeness (QED) is 0.658. The predicted octanol–water partition coefficient (Wildman–Crippen LogP) is 3.84. The molecule has 0 radical (unpaired) electrons. The lowest BCUT2D eigenvalue weighted by molar-refractivity contribution is 0.319. The van der Waals surface area contributed by atoms with Gasteiger partial charge in [0.1, 0.15) is 0 Å². The Labute approximate surface area is 85.3 Å². The highest BCUT2D eigenvalue weighted by Gasteiger charge is 2.15. The van der Waals surface area contributed by atoms with Crippen LogP contribution in [0.3, 0.4) is 0 Å². The molecule has 0 aromatic carbocycles. The molecular formula is C12H29N. The molecule has 1 N–H and O–H groups in total. The van der Waals surface area contributed by atoms with E-state index in [-0.39, 0.29) is 0 Å². The van der Waals surface area contributed by atoms with E-state index in [0.29, 0.717) is 0 Å². The lowest BCUT2D eigenvalue weighted by atomic mass is 9.87. The maximum atomic E-state index is 3.32. The maximum Gasteiger partial charge on any atom is 0.00642 e. The largest absolute Gasteiger partial charge is 0.317 e. The van der Waals surface area contributed by atoms with E-state index in [0.717, 1.165) is 12.0 Å². The molecule has 82 valence electrons. The van der Waals surface area contributed by atoms with Gasteiger partial charge in [0.25, 0.3) is 0 Å². The van der Waals surface area contributed by atoms with E-state index in [9.17, 15) is 0 Å². The Bertz CT molecular complexity index is 73.2. The number of rotatable bonds is 1. The van der Waals surface area contributed by atoms with Crippen molar-refractivity contribution < 1.29 is 0 Å². The zero-order valence-corrected chi connectivity index (χ0v) is 10.5. The molecule has 1 aliphatic carbocycles. The van der Waals surface area contributed by atoms with Crippen LogP contribution in [0.2, 0.25) is 0 Å². The average Bonchev–Trinajstić information content (AvgIpc) is 2.25. The molecule has 0 bridgehead atoms. The van der Waals surface area contributed by atoms with Crippen LogP contribution in [0.15, 0.2) is 0 Å². The van der Waals surface area contributed by atoms with Gasteiger partial charge < -0.3 is 5.32 Å². The second kappa shape index (κ2) is 12.0. The fraction of sp³-hybridized carbons (Fsp3) is 1.00. The van der Waals surface area contributed by atoms with Gasteiger partial charge in [-0.2, -0.15) is 0 Å². The van der Waals surface area contributed by atoms with Gasteiger partial charge in [-0.15, -0.1) is 0 Å². The van der Waals surface area contributed by atoms with Gasteiger partial charge in [0.05, 0.1) is 0 Å². The molecule has 1 rings (SSSR count). The highest BCUT2D eigenvalue weighted by Crippen LogP contribution is 2.22. The van der Waals surface area contributed by atoms with E-state index in [2.05, 4.69) is 19.3 Å². The molecular weight excluding hydrogens is 158 g/mol. The van der Waals surface area contributed by atoms with E-state index < -0.39 is 0 Å². The highest BCUT2D eigenvalue weighted by atomic mass is 14.9. The van der Waals surface area contributed by atoms with Crippen LogP contribution in [-0.2, 0) is 0 Å². The van der Waals surface area contributed by atoms with Crippen LogP contribution in [0.1, 0.15) is 60.3 Å². The number of nitrogens with one attached hydrogen (secondary N) is 1. The molecule has 0 spiro atoms. The van der Waals surface area contributed by atoms with Gasteiger partial charge in [-0.3, -0.25) is 0 Å². The van der Waals surface area contributed by atoms with Crippen LogP contribution in [-0.4, -0.2) is 13.1 Å². The van der Waals surface area contributed by atoms with Crippen molar-refractivity contribution in [3.05, 3.63) is 0 Å². The number of hydrogen-bond donors (Lipinski definition) is 1. The molecule has 0 unspecified atom stereocenters. The smallest absolute Gasteiger partial charge is 0.00642 e. The van der Waals surface area contributed by atoms with Crippen molar-refractivity contribution in [1.29, 1.82) is 0 Å². The Hall–Kier alpha value is -0.0400. The molecule has 1 heteroatoms. The molecule has 1 aliphatic rings. The van der Waals surface area contributed by atoms with Gasteiger partial charge in [-0.1, -0.05) is 34.6 Å². The minimum atomic E-state index is 0.821. The van der Waals surface area contributed by atoms with Crippen molar-refractivity contribution in [3.8, 4) is 0 Å². The lowest BCUT2D eigenvalue weighted by Gasteiger charge is -2.25. The van der Waals surface area contributed by atoms with E-state index in [1.807, 2.05) is 27.7 Å². The second-order valence-corrected chi connectivity index (χ2v) is 3.25. The van der Waals surface area contributed by atoms with Gasteiger partial charge >= 0.3 is 0 Å². The third-order valence-electron chi connectivity index (χ3n) is 2.42. The third-order valence-corrected chi connectivity index (χ3v) is 2.42. The van der Waals surface area contributed by atoms with Crippen molar-refractivity contribution in [3.63, 3.8) is 0 Å². The van der Waals surface area contributed by atoms with Crippen LogP contribution in [0.25, 0.3) is 0 Å². The van der Waals surface area contributed by atoms with Crippen molar-refractivity contribution in [2.24, 2.45) is 5.92 Å². The zero-order valence-electron chi connectivity index (χ0n) is 10.5. The molecule has 0 heterocycles. The molecule has 1 saturated carbocycles. The average molecular weight is 187 g/mol. The maximum absolute atomic E-state index is 3.32. The first-order valence-electron chi connectivity index (χ1n) is 6.00. The van der Waals surface area contributed by atoms with Crippen LogP contribution in [0, 0.1) is 5.92 Å². The summed E-state index contributed by atoms with van der Waals surface area (Å²) < 4.78 is 0. The molecule has 0 atom stereocenters.